The first-order valence-corrected chi connectivity index (χ1v) is 13.8. The summed E-state index contributed by atoms with van der Waals surface area (Å²) in [6.07, 6.45) is 1.42. The number of nitrogens with zero attached hydrogens (tertiary/aromatic N) is 2. The summed E-state index contributed by atoms with van der Waals surface area (Å²) in [5, 5.41) is 20.7. The van der Waals surface area contributed by atoms with Crippen molar-refractivity contribution in [3.63, 3.8) is 0 Å². The van der Waals surface area contributed by atoms with Crippen LogP contribution in [0.1, 0.15) is 12.0 Å². The molecule has 206 valence electrons. The molecule has 3 aliphatic heterocycles. The number of carbonyl (C=O) groups is 3. The molecular formula is C29H31BrN2O7. The lowest BCUT2D eigenvalue weighted by molar-refractivity contribution is -0.150. The van der Waals surface area contributed by atoms with Gasteiger partial charge in [0.05, 0.1) is 37.7 Å². The van der Waals surface area contributed by atoms with E-state index < -0.39 is 60.0 Å². The van der Waals surface area contributed by atoms with Gasteiger partial charge in [0.2, 0.25) is 5.91 Å². The molecule has 2 N–H and O–H groups in total. The van der Waals surface area contributed by atoms with Crippen molar-refractivity contribution >= 4 is 39.4 Å². The number of rotatable bonds is 10. The molecule has 0 aromatic heterocycles. The molecule has 2 aromatic carbocycles. The van der Waals surface area contributed by atoms with Gasteiger partial charge in [-0.15, -0.1) is 6.58 Å². The van der Waals surface area contributed by atoms with Crippen molar-refractivity contribution < 1.29 is 34.1 Å². The smallest absolute Gasteiger partial charge is 0.310 e. The van der Waals surface area contributed by atoms with E-state index in [2.05, 4.69) is 22.5 Å². The molecule has 39 heavy (non-hydrogen) atoms. The van der Waals surface area contributed by atoms with Crippen LogP contribution in [0.15, 0.2) is 67.3 Å². The van der Waals surface area contributed by atoms with E-state index in [1.807, 2.05) is 30.3 Å². The van der Waals surface area contributed by atoms with Crippen LogP contribution >= 0.6 is 15.9 Å². The molecule has 2 amide bonds. The average Bonchev–Trinajstić information content (AvgIpc) is 3.54. The molecule has 0 saturated carbocycles. The third-order valence-electron chi connectivity index (χ3n) is 8.13. The van der Waals surface area contributed by atoms with Crippen molar-refractivity contribution in [3.05, 3.63) is 72.8 Å². The third kappa shape index (κ3) is 4.44. The molecule has 0 aliphatic carbocycles. The zero-order chi connectivity index (χ0) is 27.9. The number of ether oxygens (including phenoxy) is 2. The predicted octanol–water partition coefficient (Wildman–Crippen LogP) is 2.65. The fraction of sp³-hybridized carbons (Fsp3) is 0.414. The standard InChI is InChI=1S/C29H31BrN2O7/c1-3-13-31(18-9-11-20(38-2)12-10-18)27(35)25-29-15-21(30)24(39-29)22(28(36)37)23(29)26(34)32(25)19(16-33)14-17-7-5-4-6-8-17/h3-12,19,21-25,33H,1,13-16H2,2H3,(H,36,37)/t19-,21?,22-,23+,24-,25-,29+/m1/s1. The number of carboxylic acids is 1. The number of hydrogen-bond acceptors (Lipinski definition) is 6. The van der Waals surface area contributed by atoms with Crippen molar-refractivity contribution in [3.8, 4) is 5.75 Å². The first-order valence-electron chi connectivity index (χ1n) is 12.8. The second-order valence-corrected chi connectivity index (χ2v) is 11.4. The number of methoxy groups -OCH3 is 1. The van der Waals surface area contributed by atoms with Crippen molar-refractivity contribution in [2.75, 3.05) is 25.2 Å². The zero-order valence-electron chi connectivity index (χ0n) is 21.5. The maximum atomic E-state index is 14.6. The quantitative estimate of drug-likeness (QED) is 0.319. The highest BCUT2D eigenvalue weighted by Gasteiger charge is 2.77. The summed E-state index contributed by atoms with van der Waals surface area (Å²) in [4.78, 5) is 43.7. The minimum absolute atomic E-state index is 0.149. The number of aliphatic hydroxyl groups is 1. The number of likely N-dealkylation sites (tertiary alicyclic amines) is 1. The first kappa shape index (κ1) is 27.4. The van der Waals surface area contributed by atoms with Crippen LogP contribution in [0.5, 0.6) is 5.75 Å². The summed E-state index contributed by atoms with van der Waals surface area (Å²) in [5.41, 5.74) is 0.0855. The normalized spacial score (nSPS) is 29.7. The Morgan fingerprint density at radius 3 is 2.54 bits per heavy atom. The van der Waals surface area contributed by atoms with Crippen LogP contribution in [0.25, 0.3) is 0 Å². The molecule has 1 unspecified atom stereocenters. The molecule has 3 fully saturated rings. The Morgan fingerprint density at radius 2 is 1.95 bits per heavy atom. The van der Waals surface area contributed by atoms with Gasteiger partial charge in [-0.2, -0.15) is 0 Å². The maximum absolute atomic E-state index is 14.6. The number of aliphatic hydroxyl groups excluding tert-OH is 1. The minimum atomic E-state index is -1.36. The van der Waals surface area contributed by atoms with Gasteiger partial charge in [0, 0.05) is 17.1 Å². The number of amides is 2. The van der Waals surface area contributed by atoms with E-state index in [0.717, 1.165) is 5.56 Å². The van der Waals surface area contributed by atoms with Gasteiger partial charge in [0.15, 0.2) is 0 Å². The van der Waals surface area contributed by atoms with E-state index in [1.165, 1.54) is 9.80 Å². The van der Waals surface area contributed by atoms with Gasteiger partial charge in [0.25, 0.3) is 5.91 Å². The van der Waals surface area contributed by atoms with Gasteiger partial charge >= 0.3 is 5.97 Å². The van der Waals surface area contributed by atoms with Crippen molar-refractivity contribution in [1.29, 1.82) is 0 Å². The summed E-state index contributed by atoms with van der Waals surface area (Å²) in [6, 6.07) is 14.4. The Balaban J connectivity index is 1.61. The van der Waals surface area contributed by atoms with Crippen molar-refractivity contribution in [2.24, 2.45) is 11.8 Å². The van der Waals surface area contributed by atoms with Gasteiger partial charge in [-0.3, -0.25) is 14.4 Å². The molecular weight excluding hydrogens is 568 g/mol. The fourth-order valence-corrected chi connectivity index (χ4v) is 7.46. The largest absolute Gasteiger partial charge is 0.497 e. The molecule has 1 spiro atoms. The van der Waals surface area contributed by atoms with Crippen LogP contribution in [-0.2, 0) is 25.5 Å². The lowest BCUT2D eigenvalue weighted by Gasteiger charge is -2.39. The monoisotopic (exact) mass is 598 g/mol. The van der Waals surface area contributed by atoms with E-state index in [0.29, 0.717) is 24.3 Å². The highest BCUT2D eigenvalue weighted by Crippen LogP contribution is 2.60. The van der Waals surface area contributed by atoms with E-state index in [-0.39, 0.29) is 11.4 Å². The number of halogens is 1. The van der Waals surface area contributed by atoms with E-state index in [1.54, 1.807) is 37.5 Å². The summed E-state index contributed by atoms with van der Waals surface area (Å²) in [6.45, 7) is 3.56. The second kappa shape index (κ2) is 10.7. The Labute approximate surface area is 235 Å². The Kier molecular flexibility index (Phi) is 7.54. The summed E-state index contributed by atoms with van der Waals surface area (Å²) >= 11 is 3.57. The second-order valence-electron chi connectivity index (χ2n) is 10.2. The predicted molar refractivity (Wildman–Crippen MR) is 147 cm³/mol. The lowest BCUT2D eigenvalue weighted by atomic mass is 9.70. The van der Waals surface area contributed by atoms with Crippen molar-refractivity contribution in [2.45, 2.75) is 41.5 Å². The highest BCUT2D eigenvalue weighted by atomic mass is 79.9. The van der Waals surface area contributed by atoms with Crippen LogP contribution in [0, 0.1) is 11.8 Å². The number of carboxylic acid groups (broad SMARTS) is 1. The van der Waals surface area contributed by atoms with Gasteiger partial charge in [0.1, 0.15) is 17.4 Å². The number of benzene rings is 2. The van der Waals surface area contributed by atoms with Crippen LogP contribution in [0.3, 0.4) is 0 Å². The number of hydrogen-bond donors (Lipinski definition) is 2. The minimum Gasteiger partial charge on any atom is -0.497 e. The zero-order valence-corrected chi connectivity index (χ0v) is 23.1. The molecule has 5 rings (SSSR count). The SMILES string of the molecule is C=CCN(C(=O)[C@H]1N([C@@H](CO)Cc2ccccc2)C(=O)[C@@H]2[C@@H](C(=O)O)[C@@H]3O[C@@]21CC3Br)c1ccc(OC)cc1. The lowest BCUT2D eigenvalue weighted by Crippen LogP contribution is -2.59. The van der Waals surface area contributed by atoms with Crippen LogP contribution in [-0.4, -0.2) is 81.8 Å². The summed E-state index contributed by atoms with van der Waals surface area (Å²) < 4.78 is 11.6. The number of carbonyl (C=O) groups excluding carboxylic acids is 2. The maximum Gasteiger partial charge on any atom is 0.310 e. The molecule has 0 radical (unpaired) electrons. The highest BCUT2D eigenvalue weighted by molar-refractivity contribution is 9.09. The van der Waals surface area contributed by atoms with Gasteiger partial charge in [-0.25, -0.2) is 0 Å². The van der Waals surface area contributed by atoms with Gasteiger partial charge in [-0.05, 0) is 42.7 Å². The average molecular weight is 599 g/mol. The van der Waals surface area contributed by atoms with Crippen molar-refractivity contribution in [1.82, 2.24) is 4.90 Å². The third-order valence-corrected chi connectivity index (χ3v) is 8.97. The summed E-state index contributed by atoms with van der Waals surface area (Å²) in [7, 11) is 1.55. The Bertz CT molecular complexity index is 1260. The van der Waals surface area contributed by atoms with Crippen LogP contribution < -0.4 is 9.64 Å². The molecule has 10 heteroatoms. The van der Waals surface area contributed by atoms with Crippen LogP contribution in [0.4, 0.5) is 5.69 Å². The molecule has 3 heterocycles. The van der Waals surface area contributed by atoms with E-state index >= 15 is 0 Å². The number of anilines is 1. The topological polar surface area (TPSA) is 117 Å². The van der Waals surface area contributed by atoms with E-state index in [9.17, 15) is 24.6 Å². The number of aliphatic carboxylic acids is 1. The first-order chi connectivity index (χ1) is 18.8. The fourth-order valence-electron chi connectivity index (χ4n) is 6.52. The summed E-state index contributed by atoms with van der Waals surface area (Å²) in [5.74, 6) is -3.58. The molecule has 3 aliphatic rings. The molecule has 9 nitrogen and oxygen atoms in total. The molecule has 7 atom stereocenters. The molecule has 2 bridgehead atoms. The Morgan fingerprint density at radius 1 is 1.26 bits per heavy atom. The number of alkyl halides is 1. The van der Waals surface area contributed by atoms with E-state index in [4.69, 9.17) is 9.47 Å². The van der Waals surface area contributed by atoms with Crippen LogP contribution in [0.2, 0.25) is 0 Å². The number of fused-ring (bicyclic) bond motifs is 1. The molecule has 3 saturated heterocycles. The van der Waals surface area contributed by atoms with Gasteiger partial charge in [-0.1, -0.05) is 52.3 Å². The Hall–Kier alpha value is -3.21. The van der Waals surface area contributed by atoms with Gasteiger partial charge < -0.3 is 29.5 Å². The molecule has 2 aromatic rings.